The van der Waals surface area contributed by atoms with E-state index in [1.54, 1.807) is 7.11 Å². The fraction of sp³-hybridized carbons (Fsp3) is 0.348. The summed E-state index contributed by atoms with van der Waals surface area (Å²) < 4.78 is 12.8. The highest BCUT2D eigenvalue weighted by Gasteiger charge is 2.31. The lowest BCUT2D eigenvalue weighted by Crippen LogP contribution is -2.15. The number of ether oxygens (including phenoxy) is 1. The molecule has 0 amide bonds. The molecule has 6 rings (SSSR count). The SMILES string of the molecule is COc1cccc2cc(-c3nc([C@H]4CC[C@H](c5nc(C)no5)CC4)n4ncnc(N)c34)[nH]c12. The van der Waals surface area contributed by atoms with E-state index in [1.807, 2.05) is 29.6 Å². The van der Waals surface area contributed by atoms with Gasteiger partial charge >= 0.3 is 0 Å². The van der Waals surface area contributed by atoms with Crippen LogP contribution in [0.2, 0.25) is 0 Å². The number of H-pyrrole nitrogens is 1. The molecule has 33 heavy (non-hydrogen) atoms. The monoisotopic (exact) mass is 444 g/mol. The van der Waals surface area contributed by atoms with Crippen molar-refractivity contribution in [1.29, 1.82) is 0 Å². The summed E-state index contributed by atoms with van der Waals surface area (Å²) in [5.74, 6) is 4.03. The molecular weight excluding hydrogens is 420 g/mol. The fourth-order valence-corrected chi connectivity index (χ4v) is 4.93. The predicted molar refractivity (Wildman–Crippen MR) is 122 cm³/mol. The number of nitrogens with zero attached hydrogens (tertiary/aromatic N) is 6. The number of para-hydroxylation sites is 1. The Labute approximate surface area is 189 Å². The zero-order chi connectivity index (χ0) is 22.5. The maximum atomic E-state index is 6.31. The van der Waals surface area contributed by atoms with Gasteiger partial charge < -0.3 is 20.0 Å². The Hall–Kier alpha value is -3.95. The topological polar surface area (TPSA) is 133 Å². The zero-order valence-electron chi connectivity index (χ0n) is 18.4. The van der Waals surface area contributed by atoms with Crippen molar-refractivity contribution in [2.75, 3.05) is 12.8 Å². The van der Waals surface area contributed by atoms with E-state index in [1.165, 1.54) is 6.33 Å². The van der Waals surface area contributed by atoms with Crippen molar-refractivity contribution < 1.29 is 9.26 Å². The maximum Gasteiger partial charge on any atom is 0.229 e. The largest absolute Gasteiger partial charge is 0.495 e. The number of aromatic nitrogens is 7. The summed E-state index contributed by atoms with van der Waals surface area (Å²) in [4.78, 5) is 17.2. The summed E-state index contributed by atoms with van der Waals surface area (Å²) in [6, 6.07) is 8.00. The second-order valence-electron chi connectivity index (χ2n) is 8.56. The molecule has 168 valence electrons. The Kier molecular flexibility index (Phi) is 4.53. The minimum atomic E-state index is 0.250. The number of anilines is 1. The Morgan fingerprint density at radius 1 is 1.15 bits per heavy atom. The van der Waals surface area contributed by atoms with Gasteiger partial charge in [0.1, 0.15) is 29.1 Å². The van der Waals surface area contributed by atoms with E-state index >= 15 is 0 Å². The van der Waals surface area contributed by atoms with Crippen LogP contribution in [0.15, 0.2) is 35.1 Å². The van der Waals surface area contributed by atoms with Gasteiger partial charge in [0, 0.05) is 17.2 Å². The van der Waals surface area contributed by atoms with Crippen molar-refractivity contribution in [1.82, 2.24) is 34.7 Å². The average Bonchev–Trinajstić information content (AvgIpc) is 3.55. The molecule has 4 heterocycles. The number of imidazole rings is 1. The van der Waals surface area contributed by atoms with Crippen molar-refractivity contribution in [3.63, 3.8) is 0 Å². The van der Waals surface area contributed by atoms with Crippen LogP contribution in [-0.4, -0.2) is 41.8 Å². The van der Waals surface area contributed by atoms with Crippen molar-refractivity contribution in [2.24, 2.45) is 0 Å². The number of nitrogen functional groups attached to an aromatic ring is 1. The van der Waals surface area contributed by atoms with E-state index in [0.29, 0.717) is 17.2 Å². The van der Waals surface area contributed by atoms with E-state index < -0.39 is 0 Å². The molecule has 1 aromatic carbocycles. The molecule has 0 unspecified atom stereocenters. The molecule has 0 aliphatic heterocycles. The first-order valence-electron chi connectivity index (χ1n) is 11.1. The van der Waals surface area contributed by atoms with Crippen LogP contribution in [0, 0.1) is 6.92 Å². The van der Waals surface area contributed by atoms with Gasteiger partial charge in [0.05, 0.1) is 18.3 Å². The lowest BCUT2D eigenvalue weighted by molar-refractivity contribution is 0.296. The first kappa shape index (κ1) is 19.7. The molecule has 1 aliphatic rings. The van der Waals surface area contributed by atoms with Gasteiger partial charge in [-0.05, 0) is 44.7 Å². The molecule has 0 atom stereocenters. The highest BCUT2D eigenvalue weighted by molar-refractivity contribution is 5.93. The molecule has 1 fully saturated rings. The minimum Gasteiger partial charge on any atom is -0.495 e. The quantitative estimate of drug-likeness (QED) is 0.425. The van der Waals surface area contributed by atoms with Gasteiger partial charge in [0.25, 0.3) is 0 Å². The number of rotatable bonds is 4. The van der Waals surface area contributed by atoms with Gasteiger partial charge in [-0.2, -0.15) is 10.1 Å². The number of aryl methyl sites for hydroxylation is 1. The molecule has 1 saturated carbocycles. The lowest BCUT2D eigenvalue weighted by atomic mass is 9.81. The van der Waals surface area contributed by atoms with E-state index in [2.05, 4.69) is 31.3 Å². The zero-order valence-corrected chi connectivity index (χ0v) is 18.4. The highest BCUT2D eigenvalue weighted by Crippen LogP contribution is 2.41. The van der Waals surface area contributed by atoms with Crippen LogP contribution < -0.4 is 10.5 Å². The van der Waals surface area contributed by atoms with E-state index in [9.17, 15) is 0 Å². The molecule has 10 heteroatoms. The van der Waals surface area contributed by atoms with Crippen molar-refractivity contribution in [3.8, 4) is 17.1 Å². The van der Waals surface area contributed by atoms with Crippen molar-refractivity contribution in [2.45, 2.75) is 44.4 Å². The normalized spacial score (nSPS) is 18.8. The number of benzene rings is 1. The third-order valence-corrected chi connectivity index (χ3v) is 6.56. The molecule has 4 aromatic heterocycles. The lowest BCUT2D eigenvalue weighted by Gasteiger charge is -2.25. The van der Waals surface area contributed by atoms with Crippen LogP contribution >= 0.6 is 0 Å². The molecule has 5 aromatic rings. The van der Waals surface area contributed by atoms with Gasteiger partial charge in [-0.25, -0.2) is 14.5 Å². The van der Waals surface area contributed by atoms with E-state index in [-0.39, 0.29) is 11.8 Å². The Bertz CT molecular complexity index is 1460. The summed E-state index contributed by atoms with van der Waals surface area (Å²) >= 11 is 0. The number of fused-ring (bicyclic) bond motifs is 2. The van der Waals surface area contributed by atoms with Crippen LogP contribution in [-0.2, 0) is 0 Å². The Morgan fingerprint density at radius 3 is 2.73 bits per heavy atom. The maximum absolute atomic E-state index is 6.31. The van der Waals surface area contributed by atoms with Crippen LogP contribution in [0.4, 0.5) is 5.82 Å². The first-order chi connectivity index (χ1) is 16.1. The number of hydrogen-bond acceptors (Lipinski definition) is 8. The Morgan fingerprint density at radius 2 is 1.97 bits per heavy atom. The van der Waals surface area contributed by atoms with Gasteiger partial charge in [-0.15, -0.1) is 0 Å². The first-order valence-corrected chi connectivity index (χ1v) is 11.1. The number of nitrogens with one attached hydrogen (secondary N) is 1. The van der Waals surface area contributed by atoms with Gasteiger partial charge in [-0.3, -0.25) is 0 Å². The number of hydrogen-bond donors (Lipinski definition) is 2. The standard InChI is InChI=1S/C23H24N8O2/c1-12-27-23(33-30-12)14-8-6-13(7-9-14)22-29-19(20-21(24)25-11-26-31(20)22)16-10-15-4-3-5-17(32-2)18(15)28-16/h3-5,10-11,13-14,28H,6-9H2,1-2H3,(H2,24,25,26)/t13-,14-. The smallest absolute Gasteiger partial charge is 0.229 e. The van der Waals surface area contributed by atoms with Crippen molar-refractivity contribution >= 4 is 22.2 Å². The van der Waals surface area contributed by atoms with Gasteiger partial charge in [0.2, 0.25) is 5.89 Å². The van der Waals surface area contributed by atoms with Crippen LogP contribution in [0.3, 0.4) is 0 Å². The highest BCUT2D eigenvalue weighted by atomic mass is 16.5. The van der Waals surface area contributed by atoms with E-state index in [4.69, 9.17) is 20.0 Å². The van der Waals surface area contributed by atoms with Crippen LogP contribution in [0.5, 0.6) is 5.75 Å². The third-order valence-electron chi connectivity index (χ3n) is 6.56. The second kappa shape index (κ2) is 7.58. The van der Waals surface area contributed by atoms with E-state index in [0.717, 1.165) is 65.4 Å². The minimum absolute atomic E-state index is 0.250. The van der Waals surface area contributed by atoms with Crippen LogP contribution in [0.1, 0.15) is 55.1 Å². The number of methoxy groups -OCH3 is 1. The predicted octanol–water partition coefficient (Wildman–Crippen LogP) is 4.00. The Balaban J connectivity index is 1.39. The molecule has 0 saturated heterocycles. The molecular formula is C23H24N8O2. The van der Waals surface area contributed by atoms with Crippen LogP contribution in [0.25, 0.3) is 27.8 Å². The summed E-state index contributed by atoms with van der Waals surface area (Å²) in [5.41, 5.74) is 9.55. The molecule has 10 nitrogen and oxygen atoms in total. The molecule has 1 aliphatic carbocycles. The number of nitrogens with two attached hydrogens (primary N) is 1. The molecule has 0 bridgehead atoms. The summed E-state index contributed by atoms with van der Waals surface area (Å²) in [5, 5.41) is 9.50. The van der Waals surface area contributed by atoms with Gasteiger partial charge in [-0.1, -0.05) is 17.3 Å². The fourth-order valence-electron chi connectivity index (χ4n) is 4.93. The molecule has 0 spiro atoms. The summed E-state index contributed by atoms with van der Waals surface area (Å²) in [6.45, 7) is 1.85. The molecule has 3 N–H and O–H groups in total. The number of aromatic amines is 1. The summed E-state index contributed by atoms with van der Waals surface area (Å²) in [6.07, 6.45) is 5.31. The van der Waals surface area contributed by atoms with Crippen molar-refractivity contribution in [3.05, 3.63) is 48.1 Å². The molecule has 0 radical (unpaired) electrons. The third kappa shape index (κ3) is 3.21. The van der Waals surface area contributed by atoms with Gasteiger partial charge in [0.15, 0.2) is 11.6 Å². The second-order valence-corrected chi connectivity index (χ2v) is 8.56. The summed E-state index contributed by atoms with van der Waals surface area (Å²) in [7, 11) is 1.66. The average molecular weight is 444 g/mol.